The van der Waals surface area contributed by atoms with E-state index >= 15 is 0 Å². The van der Waals surface area contributed by atoms with Crippen molar-refractivity contribution in [2.24, 2.45) is 0 Å². The minimum Gasteiger partial charge on any atom is -0.345 e. The Balaban J connectivity index is 3.97. The molecule has 14 heavy (non-hydrogen) atoms. The van der Waals surface area contributed by atoms with Crippen LogP contribution in [-0.2, 0) is 4.79 Å². The summed E-state index contributed by atoms with van der Waals surface area (Å²) in [5.41, 5.74) is 0. The number of rotatable bonds is 4. The van der Waals surface area contributed by atoms with Gasteiger partial charge in [-0.25, -0.2) is 0 Å². The molecule has 0 heterocycles. The van der Waals surface area contributed by atoms with Crippen molar-refractivity contribution in [3.63, 3.8) is 0 Å². The fourth-order valence-electron chi connectivity index (χ4n) is 0.843. The van der Waals surface area contributed by atoms with Crippen LogP contribution in [0.4, 0.5) is 13.2 Å². The third-order valence-electron chi connectivity index (χ3n) is 1.83. The van der Waals surface area contributed by atoms with Crippen LogP contribution in [0.1, 0.15) is 13.8 Å². The van der Waals surface area contributed by atoms with Gasteiger partial charge in [0.15, 0.2) is 0 Å². The number of likely N-dealkylation sites (N-methyl/N-ethyl adjacent to an activating group) is 1. The first kappa shape index (κ1) is 13.2. The molecule has 1 N–H and O–H groups in total. The van der Waals surface area contributed by atoms with Crippen LogP contribution in [0.2, 0.25) is 0 Å². The van der Waals surface area contributed by atoms with E-state index in [0.29, 0.717) is 6.54 Å². The Labute approximate surface area is 81.3 Å². The predicted molar refractivity (Wildman–Crippen MR) is 46.8 cm³/mol. The molecule has 0 aromatic rings. The van der Waals surface area contributed by atoms with Gasteiger partial charge in [0.2, 0.25) is 5.91 Å². The van der Waals surface area contributed by atoms with Gasteiger partial charge in [-0.15, -0.1) is 0 Å². The van der Waals surface area contributed by atoms with Gasteiger partial charge in [-0.1, -0.05) is 0 Å². The van der Waals surface area contributed by atoms with Crippen LogP contribution >= 0.6 is 0 Å². The molecule has 0 aliphatic rings. The van der Waals surface area contributed by atoms with E-state index in [9.17, 15) is 18.0 Å². The molecule has 0 aromatic heterocycles. The highest BCUT2D eigenvalue weighted by Crippen LogP contribution is 2.12. The average molecular weight is 212 g/mol. The summed E-state index contributed by atoms with van der Waals surface area (Å²) in [6, 6.07) is -0.804. The predicted octanol–water partition coefficient (Wildman–Crippen LogP) is 1.01. The highest BCUT2D eigenvalue weighted by molar-refractivity contribution is 5.81. The Hall–Kier alpha value is -0.780. The molecule has 6 heteroatoms. The van der Waals surface area contributed by atoms with E-state index in [-0.39, 0.29) is 5.91 Å². The van der Waals surface area contributed by atoms with Gasteiger partial charge in [-0.3, -0.25) is 10.1 Å². The first-order chi connectivity index (χ1) is 6.28. The topological polar surface area (TPSA) is 32.3 Å². The van der Waals surface area contributed by atoms with Gasteiger partial charge in [0.25, 0.3) is 0 Å². The highest BCUT2D eigenvalue weighted by Gasteiger charge is 2.29. The molecule has 0 bridgehead atoms. The van der Waals surface area contributed by atoms with Crippen LogP contribution in [0.5, 0.6) is 0 Å². The zero-order valence-corrected chi connectivity index (χ0v) is 8.48. The van der Waals surface area contributed by atoms with Crippen LogP contribution in [0.3, 0.4) is 0 Å². The second-order valence-electron chi connectivity index (χ2n) is 3.07. The van der Waals surface area contributed by atoms with Crippen LogP contribution in [-0.4, -0.2) is 43.2 Å². The van der Waals surface area contributed by atoms with E-state index in [4.69, 9.17) is 0 Å². The summed E-state index contributed by atoms with van der Waals surface area (Å²) < 4.78 is 35.3. The maximum absolute atomic E-state index is 11.8. The maximum atomic E-state index is 11.8. The summed E-state index contributed by atoms with van der Waals surface area (Å²) in [5, 5.41) is 2.12. The van der Waals surface area contributed by atoms with E-state index in [1.807, 2.05) is 0 Å². The van der Waals surface area contributed by atoms with Crippen molar-refractivity contribution in [1.29, 1.82) is 0 Å². The lowest BCUT2D eigenvalue weighted by molar-refractivity contribution is -0.136. The first-order valence-corrected chi connectivity index (χ1v) is 4.33. The standard InChI is InChI=1S/C8H15F3N2O/c1-4-13(3)7(14)6(2)12-5-8(9,10)11/h6,12H,4-5H2,1-3H3. The number of nitrogens with one attached hydrogen (secondary N) is 1. The molecule has 0 spiro atoms. The van der Waals surface area contributed by atoms with E-state index in [0.717, 1.165) is 0 Å². The van der Waals surface area contributed by atoms with Gasteiger partial charge in [-0.2, -0.15) is 13.2 Å². The van der Waals surface area contributed by atoms with Crippen molar-refractivity contribution in [2.75, 3.05) is 20.1 Å². The molecule has 0 rings (SSSR count). The SMILES string of the molecule is CCN(C)C(=O)C(C)NCC(F)(F)F. The zero-order chi connectivity index (χ0) is 11.4. The summed E-state index contributed by atoms with van der Waals surface area (Å²) in [7, 11) is 1.55. The summed E-state index contributed by atoms with van der Waals surface area (Å²) in [6.45, 7) is 2.52. The molecule has 0 aromatic carbocycles. The van der Waals surface area contributed by atoms with Gasteiger partial charge in [0, 0.05) is 13.6 Å². The van der Waals surface area contributed by atoms with Crippen molar-refractivity contribution in [2.45, 2.75) is 26.1 Å². The van der Waals surface area contributed by atoms with Gasteiger partial charge >= 0.3 is 6.18 Å². The normalized spacial score (nSPS) is 13.9. The van der Waals surface area contributed by atoms with Gasteiger partial charge in [0.05, 0.1) is 12.6 Å². The van der Waals surface area contributed by atoms with Crippen molar-refractivity contribution >= 4 is 5.91 Å². The lowest BCUT2D eigenvalue weighted by Crippen LogP contribution is -2.46. The molecule has 1 unspecified atom stereocenters. The maximum Gasteiger partial charge on any atom is 0.401 e. The molecule has 0 aliphatic heterocycles. The largest absolute Gasteiger partial charge is 0.401 e. The Kier molecular flexibility index (Phi) is 4.90. The number of alkyl halides is 3. The fourth-order valence-corrected chi connectivity index (χ4v) is 0.843. The smallest absolute Gasteiger partial charge is 0.345 e. The van der Waals surface area contributed by atoms with Gasteiger partial charge < -0.3 is 4.90 Å². The van der Waals surface area contributed by atoms with Crippen LogP contribution in [0.15, 0.2) is 0 Å². The number of carbonyl (C=O) groups is 1. The van der Waals surface area contributed by atoms with Crippen molar-refractivity contribution < 1.29 is 18.0 Å². The van der Waals surface area contributed by atoms with Crippen molar-refractivity contribution in [3.8, 4) is 0 Å². The fraction of sp³-hybridized carbons (Fsp3) is 0.875. The summed E-state index contributed by atoms with van der Waals surface area (Å²) in [5.74, 6) is -0.336. The summed E-state index contributed by atoms with van der Waals surface area (Å²) in [6.07, 6.45) is -4.28. The average Bonchev–Trinajstić information content (AvgIpc) is 2.10. The number of carbonyl (C=O) groups excluding carboxylic acids is 1. The molecule has 0 saturated carbocycles. The summed E-state index contributed by atoms with van der Waals surface area (Å²) in [4.78, 5) is 12.7. The summed E-state index contributed by atoms with van der Waals surface area (Å²) >= 11 is 0. The molecule has 0 radical (unpaired) electrons. The van der Waals surface area contributed by atoms with Crippen molar-refractivity contribution in [3.05, 3.63) is 0 Å². The second kappa shape index (κ2) is 5.19. The van der Waals surface area contributed by atoms with E-state index < -0.39 is 18.8 Å². The lowest BCUT2D eigenvalue weighted by Gasteiger charge is -2.21. The third-order valence-corrected chi connectivity index (χ3v) is 1.83. The Morgan fingerprint density at radius 3 is 2.36 bits per heavy atom. The first-order valence-electron chi connectivity index (χ1n) is 4.33. The minimum atomic E-state index is -4.28. The molecular formula is C8H15F3N2O. The molecule has 3 nitrogen and oxygen atoms in total. The lowest BCUT2D eigenvalue weighted by atomic mass is 10.3. The third kappa shape index (κ3) is 5.06. The highest BCUT2D eigenvalue weighted by atomic mass is 19.4. The van der Waals surface area contributed by atoms with E-state index in [1.54, 1.807) is 14.0 Å². The molecule has 1 amide bonds. The number of hydrogen-bond donors (Lipinski definition) is 1. The minimum absolute atomic E-state index is 0.336. The Morgan fingerprint density at radius 1 is 1.50 bits per heavy atom. The molecule has 0 fully saturated rings. The number of amides is 1. The van der Waals surface area contributed by atoms with Crippen LogP contribution < -0.4 is 5.32 Å². The number of nitrogens with zero attached hydrogens (tertiary/aromatic N) is 1. The van der Waals surface area contributed by atoms with Gasteiger partial charge in [-0.05, 0) is 13.8 Å². The van der Waals surface area contributed by atoms with Gasteiger partial charge in [0.1, 0.15) is 0 Å². The van der Waals surface area contributed by atoms with Crippen LogP contribution in [0.25, 0.3) is 0 Å². The quantitative estimate of drug-likeness (QED) is 0.754. The second-order valence-corrected chi connectivity index (χ2v) is 3.07. The number of halogens is 3. The molecular weight excluding hydrogens is 197 g/mol. The zero-order valence-electron chi connectivity index (χ0n) is 8.48. The Morgan fingerprint density at radius 2 is 2.00 bits per heavy atom. The number of hydrogen-bond acceptors (Lipinski definition) is 2. The van der Waals surface area contributed by atoms with E-state index in [1.165, 1.54) is 11.8 Å². The molecule has 0 aliphatic carbocycles. The molecule has 1 atom stereocenters. The molecule has 84 valence electrons. The van der Waals surface area contributed by atoms with Crippen molar-refractivity contribution in [1.82, 2.24) is 10.2 Å². The van der Waals surface area contributed by atoms with Crippen LogP contribution in [0, 0.1) is 0 Å². The monoisotopic (exact) mass is 212 g/mol. The Bertz CT molecular complexity index is 194. The van der Waals surface area contributed by atoms with E-state index in [2.05, 4.69) is 5.32 Å². The molecule has 0 saturated heterocycles.